The van der Waals surface area contributed by atoms with Gasteiger partial charge in [0.2, 0.25) is 5.91 Å². The van der Waals surface area contributed by atoms with Crippen molar-refractivity contribution in [1.82, 2.24) is 9.88 Å². The van der Waals surface area contributed by atoms with E-state index in [2.05, 4.69) is 37.0 Å². The van der Waals surface area contributed by atoms with Gasteiger partial charge in [0.1, 0.15) is 5.75 Å². The predicted molar refractivity (Wildman–Crippen MR) is 119 cm³/mol. The fourth-order valence-corrected chi connectivity index (χ4v) is 7.41. The van der Waals surface area contributed by atoms with E-state index in [-0.39, 0.29) is 16.7 Å². The Labute approximate surface area is 180 Å². The molecule has 1 aromatic heterocycles. The maximum Gasteiger partial charge on any atom is 0.226 e. The lowest BCUT2D eigenvalue weighted by Gasteiger charge is -2.58. The minimum atomic E-state index is 0.145. The third kappa shape index (κ3) is 2.72. The molecule has 5 rings (SSSR count). The van der Waals surface area contributed by atoms with Gasteiger partial charge in [0, 0.05) is 30.8 Å². The van der Waals surface area contributed by atoms with Crippen molar-refractivity contribution in [1.29, 1.82) is 0 Å². The number of carbonyl (C=O) groups excluding carboxylic acids is 1. The van der Waals surface area contributed by atoms with Crippen molar-refractivity contribution < 1.29 is 9.53 Å². The lowest BCUT2D eigenvalue weighted by atomic mass is 9.49. The molecule has 1 aromatic rings. The summed E-state index contributed by atoms with van der Waals surface area (Å²) in [6.07, 6.45) is 15.1. The summed E-state index contributed by atoms with van der Waals surface area (Å²) in [7, 11) is 1.98. The van der Waals surface area contributed by atoms with Gasteiger partial charge in [-0.25, -0.2) is 0 Å². The smallest absolute Gasteiger partial charge is 0.226 e. The molecule has 4 nitrogen and oxygen atoms in total. The molecule has 3 aliphatic carbocycles. The number of hydrogen-bond donors (Lipinski definition) is 0. The summed E-state index contributed by atoms with van der Waals surface area (Å²) in [5.74, 6) is 3.18. The van der Waals surface area contributed by atoms with E-state index in [1.54, 1.807) is 0 Å². The number of nitrogens with zero attached hydrogens (tertiary/aromatic N) is 2. The number of pyridine rings is 1. The highest BCUT2D eigenvalue weighted by atomic mass is 16.5. The molecule has 1 saturated carbocycles. The molecule has 4 heteroatoms. The highest BCUT2D eigenvalue weighted by Gasteiger charge is 2.57. The number of amides is 1. The van der Waals surface area contributed by atoms with Crippen molar-refractivity contribution in [2.75, 3.05) is 13.7 Å². The van der Waals surface area contributed by atoms with Gasteiger partial charge >= 0.3 is 0 Å². The van der Waals surface area contributed by atoms with Crippen LogP contribution in [0.25, 0.3) is 5.57 Å². The van der Waals surface area contributed by atoms with Gasteiger partial charge < -0.3 is 9.64 Å². The first-order valence-electron chi connectivity index (χ1n) is 11.6. The van der Waals surface area contributed by atoms with Crippen LogP contribution < -0.4 is 4.74 Å². The first-order chi connectivity index (χ1) is 14.4. The zero-order valence-corrected chi connectivity index (χ0v) is 18.8. The van der Waals surface area contributed by atoms with Gasteiger partial charge in [-0.2, -0.15) is 0 Å². The highest BCUT2D eigenvalue weighted by Crippen LogP contribution is 2.66. The number of aromatic nitrogens is 1. The van der Waals surface area contributed by atoms with E-state index in [1.807, 2.05) is 31.3 Å². The van der Waals surface area contributed by atoms with E-state index in [4.69, 9.17) is 4.74 Å². The average molecular weight is 407 g/mol. The molecule has 2 heterocycles. The molecule has 160 valence electrons. The summed E-state index contributed by atoms with van der Waals surface area (Å²) >= 11 is 0. The minimum Gasteiger partial charge on any atom is -0.492 e. The fraction of sp³-hybridized carbons (Fsp3) is 0.615. The van der Waals surface area contributed by atoms with E-state index in [1.165, 1.54) is 29.7 Å². The van der Waals surface area contributed by atoms with Crippen LogP contribution in [0.1, 0.15) is 64.9 Å². The minimum absolute atomic E-state index is 0.145. The first-order valence-corrected chi connectivity index (χ1v) is 11.6. The van der Waals surface area contributed by atoms with E-state index < -0.39 is 0 Å². The zero-order valence-electron chi connectivity index (χ0n) is 18.8. The molecule has 0 radical (unpaired) electrons. The second-order valence-electron chi connectivity index (χ2n) is 10.2. The molecule has 1 aliphatic heterocycles. The molecular weight excluding hydrogens is 372 g/mol. The Bertz CT molecular complexity index is 935. The Morgan fingerprint density at radius 2 is 1.97 bits per heavy atom. The van der Waals surface area contributed by atoms with Crippen molar-refractivity contribution >= 4 is 11.5 Å². The van der Waals surface area contributed by atoms with Crippen LogP contribution in [-0.4, -0.2) is 29.4 Å². The van der Waals surface area contributed by atoms with Crippen LogP contribution >= 0.6 is 0 Å². The van der Waals surface area contributed by atoms with Crippen molar-refractivity contribution in [2.45, 2.75) is 59.3 Å². The van der Waals surface area contributed by atoms with Crippen LogP contribution in [-0.2, 0) is 4.79 Å². The number of hydrogen-bond acceptors (Lipinski definition) is 3. The molecule has 2 fully saturated rings. The van der Waals surface area contributed by atoms with Crippen LogP contribution in [0.15, 0.2) is 36.3 Å². The van der Waals surface area contributed by atoms with Crippen LogP contribution in [0.2, 0.25) is 0 Å². The van der Waals surface area contributed by atoms with Gasteiger partial charge in [0.25, 0.3) is 0 Å². The Hall–Kier alpha value is -2.10. The Kier molecular flexibility index (Phi) is 4.61. The van der Waals surface area contributed by atoms with Gasteiger partial charge in [0.15, 0.2) is 0 Å². The normalized spacial score (nSPS) is 37.7. The molecular formula is C26H34N2O2. The van der Waals surface area contributed by atoms with Gasteiger partial charge in [-0.15, -0.1) is 0 Å². The molecule has 0 bridgehead atoms. The van der Waals surface area contributed by atoms with E-state index in [0.717, 1.165) is 25.0 Å². The van der Waals surface area contributed by atoms with Crippen LogP contribution in [0.5, 0.6) is 5.75 Å². The quantitative estimate of drug-likeness (QED) is 0.669. The first kappa shape index (κ1) is 19.8. The number of likely N-dealkylation sites (tertiary alicyclic amines) is 1. The number of fused-ring (bicyclic) bond motifs is 5. The van der Waals surface area contributed by atoms with E-state index in [0.29, 0.717) is 30.8 Å². The number of carbonyl (C=O) groups is 1. The summed E-state index contributed by atoms with van der Waals surface area (Å²) in [5.41, 5.74) is 4.34. The lowest BCUT2D eigenvalue weighted by Crippen LogP contribution is -2.53. The van der Waals surface area contributed by atoms with Crippen LogP contribution in [0, 0.1) is 28.6 Å². The maximum absolute atomic E-state index is 12.3. The van der Waals surface area contributed by atoms with E-state index >= 15 is 0 Å². The van der Waals surface area contributed by atoms with Crippen molar-refractivity contribution in [3.63, 3.8) is 0 Å². The molecule has 5 atom stereocenters. The highest BCUT2D eigenvalue weighted by molar-refractivity contribution is 5.79. The maximum atomic E-state index is 12.3. The van der Waals surface area contributed by atoms with Gasteiger partial charge in [-0.1, -0.05) is 26.0 Å². The van der Waals surface area contributed by atoms with Crippen molar-refractivity contribution in [3.05, 3.63) is 41.9 Å². The summed E-state index contributed by atoms with van der Waals surface area (Å²) in [6, 6.07) is 2.17. The van der Waals surface area contributed by atoms with Crippen molar-refractivity contribution in [2.24, 2.45) is 28.6 Å². The lowest BCUT2D eigenvalue weighted by molar-refractivity contribution is -0.135. The largest absolute Gasteiger partial charge is 0.492 e. The standard InChI is InChI=1S/C26H34N2O2/c1-5-30-18-14-17(15-27-16-18)20-7-8-21-19-6-9-23-26(3,13-11-24(29)28(23)4)22(19)10-12-25(20,21)2/h7,9,14-16,19,21-22H,5-6,8,10-13H2,1-4H3/t19-,21-,22-,25+,26+/m0/s1. The van der Waals surface area contributed by atoms with Gasteiger partial charge in [-0.05, 0) is 79.4 Å². The summed E-state index contributed by atoms with van der Waals surface area (Å²) in [5, 5.41) is 0. The molecule has 1 saturated heterocycles. The Morgan fingerprint density at radius 3 is 2.77 bits per heavy atom. The number of piperidine rings is 1. The number of rotatable bonds is 3. The van der Waals surface area contributed by atoms with E-state index in [9.17, 15) is 4.79 Å². The third-order valence-corrected chi connectivity index (χ3v) is 8.93. The predicted octanol–water partition coefficient (Wildman–Crippen LogP) is 5.46. The fourth-order valence-electron chi connectivity index (χ4n) is 7.41. The summed E-state index contributed by atoms with van der Waals surface area (Å²) in [6.45, 7) is 7.60. The summed E-state index contributed by atoms with van der Waals surface area (Å²) in [4.78, 5) is 18.7. The SMILES string of the molecule is CCOc1cncc(C2=CC[C@H]3[C@@H]4CC=C5N(C)C(=O)CC[C@]5(C)[C@H]4CC[C@]23C)c1. The molecule has 0 aromatic carbocycles. The van der Waals surface area contributed by atoms with Gasteiger partial charge in [-0.3, -0.25) is 9.78 Å². The molecule has 4 aliphatic rings. The second-order valence-corrected chi connectivity index (χ2v) is 10.2. The number of allylic oxidation sites excluding steroid dienone is 4. The van der Waals surface area contributed by atoms with Crippen LogP contribution in [0.4, 0.5) is 0 Å². The molecule has 30 heavy (non-hydrogen) atoms. The molecule has 1 amide bonds. The van der Waals surface area contributed by atoms with Crippen molar-refractivity contribution in [3.8, 4) is 5.75 Å². The molecule has 0 spiro atoms. The van der Waals surface area contributed by atoms with Gasteiger partial charge in [0.05, 0.1) is 12.8 Å². The average Bonchev–Trinajstić information content (AvgIpc) is 3.09. The third-order valence-electron chi connectivity index (χ3n) is 8.93. The second kappa shape index (κ2) is 6.96. The molecule has 0 unspecified atom stereocenters. The van der Waals surface area contributed by atoms with Crippen LogP contribution in [0.3, 0.4) is 0 Å². The summed E-state index contributed by atoms with van der Waals surface area (Å²) < 4.78 is 5.72. The molecule has 0 N–H and O–H groups in total. The Balaban J connectivity index is 1.46. The monoisotopic (exact) mass is 406 g/mol. The topological polar surface area (TPSA) is 42.4 Å². The Morgan fingerprint density at radius 1 is 1.13 bits per heavy atom. The zero-order chi connectivity index (χ0) is 21.1. The number of ether oxygens (including phenoxy) is 1.